The standard InChI is InChI=1S/C26H30ClN3O2/c1-16(2)15-31-24-9-6-20(27)12-19(24)13-21-7-10-25(32-21)26-29-22-8-5-18(11-23(22)30-26)14-28-17(3)4/h5-12,16-17,28H,13-15H2,1-4H3,(H,29,30). The number of H-pyrrole nitrogens is 1. The molecule has 0 atom stereocenters. The topological polar surface area (TPSA) is 63.1 Å². The molecule has 2 heterocycles. The lowest BCUT2D eigenvalue weighted by Gasteiger charge is -2.13. The first kappa shape index (κ1) is 22.4. The summed E-state index contributed by atoms with van der Waals surface area (Å²) in [5.74, 6) is 3.56. The highest BCUT2D eigenvalue weighted by Crippen LogP contribution is 2.29. The van der Waals surface area contributed by atoms with E-state index in [4.69, 9.17) is 25.7 Å². The Hall–Kier alpha value is -2.76. The second kappa shape index (κ2) is 9.80. The molecule has 0 fully saturated rings. The van der Waals surface area contributed by atoms with Crippen molar-refractivity contribution in [1.29, 1.82) is 0 Å². The van der Waals surface area contributed by atoms with Crippen LogP contribution < -0.4 is 10.1 Å². The third-order valence-corrected chi connectivity index (χ3v) is 5.35. The lowest BCUT2D eigenvalue weighted by atomic mass is 10.1. The van der Waals surface area contributed by atoms with Crippen LogP contribution in [0.15, 0.2) is 52.9 Å². The molecule has 0 aliphatic heterocycles. The van der Waals surface area contributed by atoms with E-state index in [1.807, 2.05) is 36.4 Å². The van der Waals surface area contributed by atoms with Crippen molar-refractivity contribution >= 4 is 22.6 Å². The van der Waals surface area contributed by atoms with Crippen LogP contribution in [0.3, 0.4) is 0 Å². The molecule has 2 aromatic heterocycles. The van der Waals surface area contributed by atoms with Crippen LogP contribution in [-0.4, -0.2) is 22.6 Å². The number of halogens is 1. The minimum atomic E-state index is 0.445. The van der Waals surface area contributed by atoms with Crippen molar-refractivity contribution < 1.29 is 9.15 Å². The Bertz CT molecular complexity index is 1190. The summed E-state index contributed by atoms with van der Waals surface area (Å²) in [7, 11) is 0. The number of benzene rings is 2. The molecule has 5 nitrogen and oxygen atoms in total. The van der Waals surface area contributed by atoms with Gasteiger partial charge in [-0.2, -0.15) is 0 Å². The molecule has 0 bridgehead atoms. The molecule has 168 valence electrons. The monoisotopic (exact) mass is 451 g/mol. The first-order valence-electron chi connectivity index (χ1n) is 11.1. The molecule has 0 unspecified atom stereocenters. The van der Waals surface area contributed by atoms with Gasteiger partial charge in [0, 0.05) is 29.6 Å². The second-order valence-electron chi connectivity index (χ2n) is 8.87. The van der Waals surface area contributed by atoms with Crippen LogP contribution in [0.1, 0.15) is 44.6 Å². The van der Waals surface area contributed by atoms with E-state index in [2.05, 4.69) is 50.1 Å². The van der Waals surface area contributed by atoms with Gasteiger partial charge < -0.3 is 19.5 Å². The molecule has 0 spiro atoms. The number of imidazole rings is 1. The maximum atomic E-state index is 6.24. The van der Waals surface area contributed by atoms with Crippen LogP contribution in [0.25, 0.3) is 22.6 Å². The number of aromatic nitrogens is 2. The van der Waals surface area contributed by atoms with Crippen molar-refractivity contribution in [3.63, 3.8) is 0 Å². The van der Waals surface area contributed by atoms with Crippen molar-refractivity contribution in [3.05, 3.63) is 70.4 Å². The van der Waals surface area contributed by atoms with Crippen LogP contribution in [0.5, 0.6) is 5.75 Å². The predicted octanol–water partition coefficient (Wildman–Crippen LogP) is 6.60. The van der Waals surface area contributed by atoms with E-state index in [1.165, 1.54) is 5.56 Å². The van der Waals surface area contributed by atoms with Crippen LogP contribution in [0.2, 0.25) is 5.02 Å². The Morgan fingerprint density at radius 3 is 2.69 bits per heavy atom. The summed E-state index contributed by atoms with van der Waals surface area (Å²) in [6.07, 6.45) is 0.596. The van der Waals surface area contributed by atoms with Gasteiger partial charge >= 0.3 is 0 Å². The molecule has 6 heteroatoms. The molecule has 32 heavy (non-hydrogen) atoms. The third-order valence-electron chi connectivity index (χ3n) is 5.12. The Kier molecular flexibility index (Phi) is 6.87. The normalized spacial score (nSPS) is 11.7. The van der Waals surface area contributed by atoms with Crippen molar-refractivity contribution in [2.45, 2.75) is 46.7 Å². The van der Waals surface area contributed by atoms with Gasteiger partial charge in [0.2, 0.25) is 0 Å². The fourth-order valence-corrected chi connectivity index (χ4v) is 3.67. The van der Waals surface area contributed by atoms with Gasteiger partial charge in [0.05, 0.1) is 17.6 Å². The zero-order valence-electron chi connectivity index (χ0n) is 19.0. The molecular formula is C26H30ClN3O2. The van der Waals surface area contributed by atoms with Gasteiger partial charge in [-0.3, -0.25) is 0 Å². The van der Waals surface area contributed by atoms with Crippen molar-refractivity contribution in [2.24, 2.45) is 5.92 Å². The van der Waals surface area contributed by atoms with E-state index in [0.29, 0.717) is 35.8 Å². The van der Waals surface area contributed by atoms with Gasteiger partial charge in [-0.25, -0.2) is 4.98 Å². The van der Waals surface area contributed by atoms with E-state index in [1.54, 1.807) is 0 Å². The number of nitrogens with zero attached hydrogens (tertiary/aromatic N) is 1. The van der Waals surface area contributed by atoms with Crippen molar-refractivity contribution in [2.75, 3.05) is 6.61 Å². The van der Waals surface area contributed by atoms with E-state index in [0.717, 1.165) is 40.5 Å². The molecule has 0 saturated heterocycles. The molecule has 4 rings (SSSR count). The Labute approximate surface area is 194 Å². The maximum absolute atomic E-state index is 6.24. The van der Waals surface area contributed by atoms with Gasteiger partial charge in [-0.15, -0.1) is 0 Å². The summed E-state index contributed by atoms with van der Waals surface area (Å²) in [6, 6.07) is 16.4. The van der Waals surface area contributed by atoms with E-state index in [9.17, 15) is 0 Å². The SMILES string of the molecule is CC(C)COc1ccc(Cl)cc1Cc1ccc(-c2nc3ccc(CNC(C)C)cc3[nH]2)o1. The average molecular weight is 452 g/mol. The van der Waals surface area contributed by atoms with Gasteiger partial charge in [0.1, 0.15) is 11.5 Å². The lowest BCUT2D eigenvalue weighted by molar-refractivity contribution is 0.268. The summed E-state index contributed by atoms with van der Waals surface area (Å²) in [5.41, 5.74) is 4.15. The molecule has 0 amide bonds. The third kappa shape index (κ3) is 5.53. The fourth-order valence-electron chi connectivity index (χ4n) is 3.48. The van der Waals surface area contributed by atoms with Crippen LogP contribution in [0, 0.1) is 5.92 Å². The number of hydrogen-bond donors (Lipinski definition) is 2. The molecule has 0 radical (unpaired) electrons. The quantitative estimate of drug-likeness (QED) is 0.301. The predicted molar refractivity (Wildman–Crippen MR) is 130 cm³/mol. The number of aromatic amines is 1. The van der Waals surface area contributed by atoms with Gasteiger partial charge in [-0.05, 0) is 53.9 Å². The Morgan fingerprint density at radius 2 is 1.91 bits per heavy atom. The first-order chi connectivity index (χ1) is 15.4. The minimum Gasteiger partial charge on any atom is -0.493 e. The summed E-state index contributed by atoms with van der Waals surface area (Å²) in [5, 5.41) is 4.13. The molecule has 0 aliphatic rings. The zero-order valence-corrected chi connectivity index (χ0v) is 19.8. The van der Waals surface area contributed by atoms with Crippen LogP contribution in [-0.2, 0) is 13.0 Å². The fraction of sp³-hybridized carbons (Fsp3) is 0.346. The second-order valence-corrected chi connectivity index (χ2v) is 9.31. The summed E-state index contributed by atoms with van der Waals surface area (Å²) >= 11 is 6.24. The van der Waals surface area contributed by atoms with Crippen LogP contribution in [0.4, 0.5) is 0 Å². The Balaban J connectivity index is 1.53. The highest BCUT2D eigenvalue weighted by Gasteiger charge is 2.13. The number of ether oxygens (including phenoxy) is 1. The molecule has 0 saturated carbocycles. The average Bonchev–Trinajstić information content (AvgIpc) is 3.38. The van der Waals surface area contributed by atoms with Crippen molar-refractivity contribution in [1.82, 2.24) is 15.3 Å². The lowest BCUT2D eigenvalue weighted by Crippen LogP contribution is -2.21. The molecule has 2 aromatic carbocycles. The van der Waals surface area contributed by atoms with Gasteiger partial charge in [-0.1, -0.05) is 45.4 Å². The highest BCUT2D eigenvalue weighted by atomic mass is 35.5. The summed E-state index contributed by atoms with van der Waals surface area (Å²) in [4.78, 5) is 8.10. The maximum Gasteiger partial charge on any atom is 0.174 e. The number of rotatable bonds is 9. The Morgan fingerprint density at radius 1 is 1.06 bits per heavy atom. The number of fused-ring (bicyclic) bond motifs is 1. The van der Waals surface area contributed by atoms with E-state index < -0.39 is 0 Å². The summed E-state index contributed by atoms with van der Waals surface area (Å²) < 4.78 is 12.1. The molecule has 2 N–H and O–H groups in total. The minimum absolute atomic E-state index is 0.445. The number of hydrogen-bond acceptors (Lipinski definition) is 4. The molecular weight excluding hydrogens is 422 g/mol. The van der Waals surface area contributed by atoms with Crippen molar-refractivity contribution in [3.8, 4) is 17.3 Å². The number of nitrogens with one attached hydrogen (secondary N) is 2. The van der Waals surface area contributed by atoms with Gasteiger partial charge in [0.25, 0.3) is 0 Å². The summed E-state index contributed by atoms with van der Waals surface area (Å²) in [6.45, 7) is 10.0. The van der Waals surface area contributed by atoms with Crippen LogP contribution >= 0.6 is 11.6 Å². The zero-order chi connectivity index (χ0) is 22.7. The van der Waals surface area contributed by atoms with E-state index >= 15 is 0 Å². The van der Waals surface area contributed by atoms with Gasteiger partial charge in [0.15, 0.2) is 11.6 Å². The largest absolute Gasteiger partial charge is 0.493 e. The smallest absolute Gasteiger partial charge is 0.174 e. The first-order valence-corrected chi connectivity index (χ1v) is 11.5. The van der Waals surface area contributed by atoms with E-state index in [-0.39, 0.29) is 0 Å². The number of furan rings is 1. The molecule has 0 aliphatic carbocycles. The molecule has 4 aromatic rings. The highest BCUT2D eigenvalue weighted by molar-refractivity contribution is 6.30.